The second kappa shape index (κ2) is 13.2. The summed E-state index contributed by atoms with van der Waals surface area (Å²) in [6.07, 6.45) is 8.82. The summed E-state index contributed by atoms with van der Waals surface area (Å²) in [5.41, 5.74) is 11.0. The molecule has 3 aromatic heterocycles. The predicted octanol–water partition coefficient (Wildman–Crippen LogP) is 7.31. The summed E-state index contributed by atoms with van der Waals surface area (Å²) in [6, 6.07) is 21.5. The monoisotopic (exact) mass is 654 g/mol. The zero-order valence-electron chi connectivity index (χ0n) is 25.8. The molecular formula is C36H36Cl2N6O2. The van der Waals surface area contributed by atoms with Crippen LogP contribution in [0.25, 0.3) is 16.9 Å². The Morgan fingerprint density at radius 1 is 1.04 bits per heavy atom. The molecule has 5 aromatic rings. The number of imidazole rings is 1. The average molecular weight is 656 g/mol. The molecule has 0 radical (unpaired) electrons. The van der Waals surface area contributed by atoms with E-state index in [0.717, 1.165) is 40.3 Å². The predicted molar refractivity (Wildman–Crippen MR) is 180 cm³/mol. The van der Waals surface area contributed by atoms with E-state index in [2.05, 4.69) is 42.0 Å². The van der Waals surface area contributed by atoms with Crippen LogP contribution < -0.4 is 5.73 Å². The molecule has 1 saturated carbocycles. The molecular weight excluding hydrogens is 619 g/mol. The number of carbonyl (C=O) groups is 2. The van der Waals surface area contributed by atoms with Crippen molar-refractivity contribution in [1.29, 1.82) is 0 Å². The van der Waals surface area contributed by atoms with E-state index >= 15 is 0 Å². The molecule has 8 nitrogen and oxygen atoms in total. The first-order valence-electron chi connectivity index (χ1n) is 15.4. The zero-order valence-corrected chi connectivity index (χ0v) is 27.3. The van der Waals surface area contributed by atoms with E-state index < -0.39 is 11.8 Å². The number of nitrogens with zero attached hydrogens (tertiary/aromatic N) is 5. The maximum Gasteiger partial charge on any atom is 0.221 e. The van der Waals surface area contributed by atoms with Gasteiger partial charge in [0.25, 0.3) is 0 Å². The number of halogens is 2. The normalized spacial score (nSPS) is 17.7. The first-order chi connectivity index (χ1) is 22.1. The van der Waals surface area contributed by atoms with Crippen LogP contribution in [0.2, 0.25) is 10.0 Å². The van der Waals surface area contributed by atoms with Crippen molar-refractivity contribution in [3.8, 4) is 16.9 Å². The topological polar surface area (TPSA) is 109 Å². The molecule has 2 aromatic carbocycles. The third kappa shape index (κ3) is 6.78. The van der Waals surface area contributed by atoms with Crippen LogP contribution in [0.3, 0.4) is 0 Å². The number of pyridine rings is 1. The zero-order chi connectivity index (χ0) is 32.4. The van der Waals surface area contributed by atoms with E-state index in [-0.39, 0.29) is 29.5 Å². The standard InChI is InChI=1S/C36H36Cl2N6O2/c1-36(2)26(15-29(45)14-25(35(39)46)13-27-21-43(22-41-27)20-23-7-4-3-5-8-23)16-30(36)34-18-33(24-9-6-12-40-19-24)42-44(34)28-10-11-31(37)32(38)17-28/h3-12,17-19,21-22,25-26,30H,13-16,20H2,1-2H3,(H2,39,46)/t25-,26+,30-/m1/s1. The third-order valence-corrected chi connectivity index (χ3v) is 10.1. The van der Waals surface area contributed by atoms with Crippen molar-refractivity contribution in [3.63, 3.8) is 0 Å². The molecule has 0 spiro atoms. The fraction of sp³-hybridized carbons (Fsp3) is 0.306. The van der Waals surface area contributed by atoms with Gasteiger partial charge in [-0.25, -0.2) is 9.67 Å². The van der Waals surface area contributed by atoms with Crippen molar-refractivity contribution in [1.82, 2.24) is 24.3 Å². The van der Waals surface area contributed by atoms with Gasteiger partial charge in [-0.1, -0.05) is 67.4 Å². The number of carbonyl (C=O) groups excluding carboxylic acids is 2. The van der Waals surface area contributed by atoms with Crippen molar-refractivity contribution in [2.24, 2.45) is 23.0 Å². The number of primary amides is 1. The lowest BCUT2D eigenvalue weighted by Gasteiger charge is -2.52. The number of hydrogen-bond donors (Lipinski definition) is 1. The van der Waals surface area contributed by atoms with Gasteiger partial charge in [0.1, 0.15) is 5.78 Å². The second-order valence-corrected chi connectivity index (χ2v) is 13.6. The summed E-state index contributed by atoms with van der Waals surface area (Å²) in [4.78, 5) is 34.5. The summed E-state index contributed by atoms with van der Waals surface area (Å²) >= 11 is 12.6. The van der Waals surface area contributed by atoms with Gasteiger partial charge in [-0.2, -0.15) is 5.10 Å². The Hall–Kier alpha value is -4.27. The van der Waals surface area contributed by atoms with E-state index in [4.69, 9.17) is 34.0 Å². The molecule has 3 atom stereocenters. The minimum atomic E-state index is -0.607. The van der Waals surface area contributed by atoms with Crippen LogP contribution in [0.4, 0.5) is 0 Å². The van der Waals surface area contributed by atoms with Gasteiger partial charge in [-0.3, -0.25) is 14.6 Å². The number of amides is 1. The van der Waals surface area contributed by atoms with Crippen LogP contribution in [-0.2, 0) is 22.6 Å². The number of nitrogens with two attached hydrogens (primary N) is 1. The average Bonchev–Trinajstić information content (AvgIpc) is 3.68. The SMILES string of the molecule is CC1(C)[C@@H](CC(=O)C[C@@H](Cc2cn(Cc3ccccc3)cn2)C(N)=O)C[C@@H]1c1cc(-c2cccnc2)nn1-c1ccc(Cl)c(Cl)c1. The van der Waals surface area contributed by atoms with Gasteiger partial charge in [0, 0.05) is 61.6 Å². The van der Waals surface area contributed by atoms with Crippen LogP contribution in [0, 0.1) is 17.3 Å². The second-order valence-electron chi connectivity index (χ2n) is 12.8. The minimum Gasteiger partial charge on any atom is -0.369 e. The van der Waals surface area contributed by atoms with Crippen molar-refractivity contribution < 1.29 is 9.59 Å². The Bertz CT molecular complexity index is 1850. The van der Waals surface area contributed by atoms with Gasteiger partial charge in [0.2, 0.25) is 5.91 Å². The smallest absolute Gasteiger partial charge is 0.221 e. The molecule has 0 saturated heterocycles. The van der Waals surface area contributed by atoms with E-state index in [1.807, 2.05) is 57.9 Å². The fourth-order valence-electron chi connectivity index (χ4n) is 6.54. The molecule has 1 fully saturated rings. The van der Waals surface area contributed by atoms with Crippen molar-refractivity contribution >= 4 is 34.9 Å². The van der Waals surface area contributed by atoms with Gasteiger partial charge in [0.05, 0.1) is 39.4 Å². The Labute approximate surface area is 278 Å². The fourth-order valence-corrected chi connectivity index (χ4v) is 6.83. The van der Waals surface area contributed by atoms with Crippen LogP contribution in [-0.4, -0.2) is 36.0 Å². The van der Waals surface area contributed by atoms with Gasteiger partial charge >= 0.3 is 0 Å². The molecule has 46 heavy (non-hydrogen) atoms. The van der Waals surface area contributed by atoms with Crippen LogP contribution in [0.1, 0.15) is 56.0 Å². The molecule has 2 N–H and O–H groups in total. The molecule has 0 unspecified atom stereocenters. The lowest BCUT2D eigenvalue weighted by Crippen LogP contribution is -2.45. The van der Waals surface area contributed by atoms with E-state index in [1.54, 1.807) is 24.8 Å². The van der Waals surface area contributed by atoms with Crippen molar-refractivity contribution in [2.45, 2.75) is 52.0 Å². The Morgan fingerprint density at radius 2 is 1.85 bits per heavy atom. The van der Waals surface area contributed by atoms with Crippen LogP contribution in [0.5, 0.6) is 0 Å². The Balaban J connectivity index is 1.14. The summed E-state index contributed by atoms with van der Waals surface area (Å²) in [6.45, 7) is 5.07. The number of rotatable bonds is 12. The number of benzene rings is 2. The minimum absolute atomic E-state index is 0.0399. The number of aromatic nitrogens is 5. The Kier molecular flexibility index (Phi) is 9.11. The molecule has 6 rings (SSSR count). The molecule has 0 aliphatic heterocycles. The molecule has 236 valence electrons. The first kappa shape index (κ1) is 31.7. The largest absolute Gasteiger partial charge is 0.369 e. The van der Waals surface area contributed by atoms with Gasteiger partial charge in [-0.05, 0) is 59.7 Å². The highest BCUT2D eigenvalue weighted by molar-refractivity contribution is 6.42. The van der Waals surface area contributed by atoms with Crippen molar-refractivity contribution in [2.75, 3.05) is 0 Å². The molecule has 0 bridgehead atoms. The molecule has 10 heteroatoms. The van der Waals surface area contributed by atoms with E-state index in [9.17, 15) is 9.59 Å². The Morgan fingerprint density at radius 3 is 2.54 bits per heavy atom. The third-order valence-electron chi connectivity index (χ3n) is 9.37. The number of hydrogen-bond acceptors (Lipinski definition) is 5. The van der Waals surface area contributed by atoms with Crippen LogP contribution >= 0.6 is 23.2 Å². The highest BCUT2D eigenvalue weighted by Crippen LogP contribution is 2.58. The van der Waals surface area contributed by atoms with E-state index in [1.165, 1.54) is 0 Å². The van der Waals surface area contributed by atoms with Gasteiger partial charge in [-0.15, -0.1) is 0 Å². The summed E-state index contributed by atoms with van der Waals surface area (Å²) in [7, 11) is 0. The molecule has 1 amide bonds. The van der Waals surface area contributed by atoms with Crippen molar-refractivity contribution in [3.05, 3.63) is 119 Å². The molecule has 1 aliphatic rings. The number of ketones is 1. The summed E-state index contributed by atoms with van der Waals surface area (Å²) < 4.78 is 3.90. The van der Waals surface area contributed by atoms with Crippen LogP contribution in [0.15, 0.2) is 91.6 Å². The number of Topliss-reactive ketones (excluding diaryl/α,β-unsaturated/α-hetero) is 1. The quantitative estimate of drug-likeness (QED) is 0.152. The lowest BCUT2D eigenvalue weighted by atomic mass is 9.52. The lowest BCUT2D eigenvalue weighted by molar-refractivity contribution is -0.129. The van der Waals surface area contributed by atoms with Gasteiger partial charge in [0.15, 0.2) is 0 Å². The van der Waals surface area contributed by atoms with E-state index in [0.29, 0.717) is 29.4 Å². The molecule has 1 aliphatic carbocycles. The molecule has 3 heterocycles. The van der Waals surface area contributed by atoms with Gasteiger partial charge < -0.3 is 10.3 Å². The highest BCUT2D eigenvalue weighted by atomic mass is 35.5. The highest BCUT2D eigenvalue weighted by Gasteiger charge is 2.50. The summed E-state index contributed by atoms with van der Waals surface area (Å²) in [5, 5.41) is 5.88. The maximum atomic E-state index is 13.4. The first-order valence-corrected chi connectivity index (χ1v) is 16.2. The summed E-state index contributed by atoms with van der Waals surface area (Å²) in [5.74, 6) is -0.770. The maximum absolute atomic E-state index is 13.4.